The van der Waals surface area contributed by atoms with Crippen LogP contribution in [0.3, 0.4) is 0 Å². The van der Waals surface area contributed by atoms with Gasteiger partial charge in [0.25, 0.3) is 0 Å². The van der Waals surface area contributed by atoms with Crippen LogP contribution in [0, 0.1) is 12.2 Å². The number of hydrogen-bond acceptors (Lipinski definition) is 35. The van der Waals surface area contributed by atoms with Crippen LogP contribution < -0.4 is 225 Å². The Hall–Kier alpha value is -1.66. The molecule has 92 heavy (non-hydrogen) atoms. The Balaban J connectivity index is 0.00000368. The van der Waals surface area contributed by atoms with Crippen molar-refractivity contribution in [1.82, 2.24) is 34.9 Å². The first kappa shape index (κ1) is 84.6. The zero-order chi connectivity index (χ0) is 62.3. The van der Waals surface area contributed by atoms with E-state index in [1.54, 1.807) is 0 Å². The molecule has 9 rings (SSSR count). The van der Waals surface area contributed by atoms with Crippen LogP contribution in [-0.2, 0) is 60.0 Å². The van der Waals surface area contributed by atoms with Gasteiger partial charge in [-0.1, -0.05) is 23.2 Å². The van der Waals surface area contributed by atoms with E-state index in [1.165, 1.54) is 18.2 Å². The van der Waals surface area contributed by atoms with Gasteiger partial charge >= 0.3 is 190 Å². The Kier molecular flexibility index (Phi) is 32.1. The zero-order valence-corrected chi connectivity index (χ0v) is 66.1. The van der Waals surface area contributed by atoms with Crippen LogP contribution in [0.2, 0.25) is 10.0 Å². The molecule has 0 fully saturated rings. The molecule has 6 N–H and O–H groups in total. The minimum Gasteiger partial charge on any atom is -0.744 e. The largest absolute Gasteiger partial charge is 1.00 e. The van der Waals surface area contributed by atoms with Gasteiger partial charge < -0.3 is 69.1 Å². The molecule has 3 aliphatic rings. The maximum absolute atomic E-state index is 14.5. The molecule has 0 bridgehead atoms. The number of hydrogen-bond donors (Lipinski definition) is 6. The van der Waals surface area contributed by atoms with Gasteiger partial charge in [0.1, 0.15) is 87.3 Å². The fourth-order valence-corrected chi connectivity index (χ4v) is 11.9. The molecule has 0 radical (unpaired) electrons. The molecule has 2 aliphatic heterocycles. The summed E-state index contributed by atoms with van der Waals surface area (Å²) in [5.41, 5.74) is -2.69. The maximum atomic E-state index is 14.5. The molecule has 1 aliphatic carbocycles. The van der Waals surface area contributed by atoms with Crippen LogP contribution in [0.25, 0.3) is 22.6 Å². The van der Waals surface area contributed by atoms with Crippen molar-refractivity contribution < 1.29 is 275 Å². The third kappa shape index (κ3) is 20.7. The fourth-order valence-electron chi connectivity index (χ4n) is 7.81. The smallest absolute Gasteiger partial charge is 0.744 e. The number of ether oxygens (including phenoxy) is 1. The predicted octanol–water partition coefficient (Wildman–Crippen LogP) is -14.7. The fraction of sp³-hybridized carbons (Fsp3) is 0.143. The molecular formula is C42H28Cl2F2N14Na6O20S6. The molecule has 2 aromatic heterocycles. The molecule has 0 atom stereocenters. The normalized spacial score (nSPS) is 12.1. The Bertz CT molecular complexity index is 4730. The van der Waals surface area contributed by atoms with Crippen molar-refractivity contribution in [2.45, 2.75) is 42.2 Å². The van der Waals surface area contributed by atoms with Crippen molar-refractivity contribution in [1.29, 1.82) is 0 Å². The summed E-state index contributed by atoms with van der Waals surface area (Å²) in [6.45, 7) is -0.547. The molecule has 50 heteroatoms. The topological polar surface area (TPSA) is 525 Å². The van der Waals surface area contributed by atoms with Gasteiger partial charge in [-0.15, -0.1) is 0 Å². The Morgan fingerprint density at radius 2 is 1.12 bits per heavy atom. The monoisotopic (exact) mass is 1490 g/mol. The average Bonchev–Trinajstić information content (AvgIpc) is 0.727. The predicted molar refractivity (Wildman–Crippen MR) is 282 cm³/mol. The Morgan fingerprint density at radius 3 is 1.68 bits per heavy atom. The number of fused-ring (bicyclic) bond motifs is 4. The zero-order valence-electron chi connectivity index (χ0n) is 47.7. The summed E-state index contributed by atoms with van der Waals surface area (Å²) >= 11 is 13.9. The molecule has 0 saturated carbocycles. The van der Waals surface area contributed by atoms with Gasteiger partial charge in [-0.25, -0.2) is 47.1 Å². The Morgan fingerprint density at radius 1 is 0.576 bits per heavy atom. The van der Waals surface area contributed by atoms with E-state index < -0.39 is 149 Å². The van der Waals surface area contributed by atoms with Crippen LogP contribution in [-0.4, -0.2) is 126 Å². The van der Waals surface area contributed by atoms with Crippen LogP contribution in [0.5, 0.6) is 11.5 Å². The third-order valence-corrected chi connectivity index (χ3v) is 17.0. The average molecular weight is 1490 g/mol. The van der Waals surface area contributed by atoms with Crippen molar-refractivity contribution in [2.24, 2.45) is 4.99 Å². The first-order valence-corrected chi connectivity index (χ1v) is 31.6. The van der Waals surface area contributed by atoms with Crippen LogP contribution in [0.15, 0.2) is 99.4 Å². The van der Waals surface area contributed by atoms with Gasteiger partial charge in [0.2, 0.25) is 23.8 Å². The maximum Gasteiger partial charge on any atom is 1.00 e. The molecule has 34 nitrogen and oxygen atoms in total. The SMILES string of the molecule is O=S(=O)([O-])c1ccc(SOO[O-])c(Nc2nc(F)nc(NCCCN=c3ccc4nc5c(Cl)c6c(c(Cl)c5oc-4c3S(=O)(=O)[O-])Nc3ccc(NCCCNc4nc(F)nc(Nc5cc(S(=O)(=O)[O-])ccc5S(=O)(=O)[O-])n4)c(S(=O)(=O)[O-])c3O6)n2)c1.[Na+].[Na+].[Na+].[Na+].[Na+].[Na+]. The van der Waals surface area contributed by atoms with Crippen LogP contribution >= 0.6 is 35.2 Å². The van der Waals surface area contributed by atoms with Crippen molar-refractivity contribution in [3.05, 3.63) is 88.2 Å². The third-order valence-electron chi connectivity index (χ3n) is 11.3. The summed E-state index contributed by atoms with van der Waals surface area (Å²) in [6, 6.07) is 9.18. The number of nitrogens with one attached hydrogen (secondary N) is 6. The summed E-state index contributed by atoms with van der Waals surface area (Å²) in [6.07, 6.45) is -2.71. The van der Waals surface area contributed by atoms with E-state index in [0.717, 1.165) is 24.3 Å². The molecule has 0 spiro atoms. The van der Waals surface area contributed by atoms with Gasteiger partial charge in [-0.2, -0.15) is 43.0 Å². The molecule has 0 amide bonds. The molecule has 0 saturated heterocycles. The number of rotatable bonds is 23. The van der Waals surface area contributed by atoms with Gasteiger partial charge in [0.05, 0.1) is 59.7 Å². The first-order chi connectivity index (χ1) is 40.4. The summed E-state index contributed by atoms with van der Waals surface area (Å²) in [7, 11) is -26.3. The van der Waals surface area contributed by atoms with Crippen molar-refractivity contribution in [3.8, 4) is 23.0 Å². The molecule has 6 aromatic rings. The van der Waals surface area contributed by atoms with E-state index >= 15 is 0 Å². The van der Waals surface area contributed by atoms with E-state index in [4.69, 9.17) is 32.4 Å². The quantitative estimate of drug-likeness (QED) is 0.00659. The standard InChI is InChI=1S/C42H34Cl2F2N14O20S6.6Na/c43-27-30-34(78-32-20(52-30)6-8-22(36(32)86(74,75)76)48-12-2-14-50-40-56-38(46)58-42(60-40)54-24-16-18(83(65,66)67)4-10-26(24)84(68,69)70)28(44)29-33(27)77-31-19(51-29)5-7-21(35(31)85(71,72)73)47-11-1-13-49-39-55-37(45)57-41(59-39)53-23-15-17(82(62,63)64)3-9-25(23)81-80-79-61;;;;;;/h3-10,15-16,48,52,61H,1-2,11-14H2,(H,62,63,64)(H,65,66,67)(H,68,69,70)(H,71,72,73)(H,74,75,76)(H2,49,53,55,57,59)(H2,50,54,56,58,60);;;;;;/q;6*+1/p-6. The van der Waals surface area contributed by atoms with E-state index in [0.29, 0.717) is 30.2 Å². The minimum atomic E-state index is -5.45. The summed E-state index contributed by atoms with van der Waals surface area (Å²) in [4.78, 5) is 25.5. The van der Waals surface area contributed by atoms with E-state index in [9.17, 15) is 78.9 Å². The van der Waals surface area contributed by atoms with Gasteiger partial charge in [-0.3, -0.25) is 10.0 Å². The second-order valence-corrected chi connectivity index (χ2v) is 25.2. The number of aromatic nitrogens is 7. The summed E-state index contributed by atoms with van der Waals surface area (Å²) < 4.78 is 227. The first-order valence-electron chi connectivity index (χ1n) is 23.1. The second-order valence-electron chi connectivity index (χ2n) is 17.0. The number of anilines is 9. The van der Waals surface area contributed by atoms with E-state index in [-0.39, 0.29) is 261 Å². The van der Waals surface area contributed by atoms with Crippen molar-refractivity contribution >= 4 is 149 Å². The Labute approximate surface area is 665 Å². The van der Waals surface area contributed by atoms with E-state index in [1.807, 2.05) is 0 Å². The van der Waals surface area contributed by atoms with Crippen LogP contribution in [0.4, 0.5) is 61.0 Å². The number of halogens is 4. The van der Waals surface area contributed by atoms with Gasteiger partial charge in [0.15, 0.2) is 22.8 Å². The van der Waals surface area contributed by atoms with Crippen molar-refractivity contribution in [2.75, 3.05) is 58.1 Å². The van der Waals surface area contributed by atoms with Gasteiger partial charge in [0, 0.05) is 26.2 Å². The molecule has 456 valence electrons. The molecule has 4 heterocycles. The minimum absolute atomic E-state index is 0. The summed E-state index contributed by atoms with van der Waals surface area (Å²) in [5.74, 6) is -3.71. The molecule has 4 aromatic carbocycles. The second kappa shape index (κ2) is 34.9. The van der Waals surface area contributed by atoms with Crippen molar-refractivity contribution in [3.63, 3.8) is 0 Å². The number of benzene rings is 5. The molecule has 0 unspecified atom stereocenters. The van der Waals surface area contributed by atoms with Gasteiger partial charge in [-0.05, 0) is 73.5 Å². The van der Waals surface area contributed by atoms with Crippen LogP contribution in [0.1, 0.15) is 12.8 Å². The number of nitrogens with zero attached hydrogens (tertiary/aromatic N) is 8. The molecular weight excluding hydrogens is 1460 g/mol. The van der Waals surface area contributed by atoms with E-state index in [2.05, 4.69) is 81.2 Å². The summed E-state index contributed by atoms with van der Waals surface area (Å²) in [5, 5.41) is 28.0.